The van der Waals surface area contributed by atoms with Gasteiger partial charge < -0.3 is 33.5 Å². The fraction of sp³-hybridized carbons (Fsp3) is 0.963. The van der Waals surface area contributed by atoms with Gasteiger partial charge in [-0.15, -0.1) is 0 Å². The number of rotatable bonds is 5. The van der Waals surface area contributed by atoms with Crippen molar-refractivity contribution in [3.63, 3.8) is 0 Å². The van der Waals surface area contributed by atoms with Crippen molar-refractivity contribution in [1.29, 1.82) is 0 Å². The molecule has 0 amide bonds. The molecular weight excluding hydrogens is 466 g/mol. The smallest absolute Gasteiger partial charge is 0.303 e. The second kappa shape index (κ2) is 7.23. The van der Waals surface area contributed by atoms with Crippen molar-refractivity contribution < 1.29 is 38.3 Å². The fourth-order valence-electron chi connectivity index (χ4n) is 11.7. The van der Waals surface area contributed by atoms with Gasteiger partial charge in [-0.3, -0.25) is 9.69 Å². The van der Waals surface area contributed by atoms with Gasteiger partial charge >= 0.3 is 5.97 Å². The molecule has 2 saturated heterocycles. The topological polar surface area (TPSA) is 95.9 Å². The molecule has 2 aliphatic heterocycles. The molecule has 9 heteroatoms. The molecule has 1 N–H and O–H groups in total. The number of nitrogens with zero attached hydrogens (tertiary/aromatic N) is 1. The normalized spacial score (nSPS) is 60.2. The van der Waals surface area contributed by atoms with Gasteiger partial charge in [0.1, 0.15) is 18.5 Å². The zero-order valence-corrected chi connectivity index (χ0v) is 22.3. The van der Waals surface area contributed by atoms with Crippen molar-refractivity contribution in [3.05, 3.63) is 0 Å². The number of likely N-dealkylation sites (tertiary alicyclic amines) is 1. The Balaban J connectivity index is 1.61. The number of methoxy groups -OCH3 is 3. The van der Waals surface area contributed by atoms with E-state index in [0.717, 1.165) is 25.9 Å². The maximum Gasteiger partial charge on any atom is 0.303 e. The lowest BCUT2D eigenvalue weighted by atomic mass is 9.41. The van der Waals surface area contributed by atoms with Crippen molar-refractivity contribution in [2.75, 3.05) is 41.2 Å². The second-order valence-electron chi connectivity index (χ2n) is 12.9. The summed E-state index contributed by atoms with van der Waals surface area (Å²) in [5.41, 5.74) is -3.94. The van der Waals surface area contributed by atoms with Gasteiger partial charge in [0, 0.05) is 59.0 Å². The molecule has 0 aromatic rings. The van der Waals surface area contributed by atoms with Gasteiger partial charge in [-0.1, -0.05) is 13.8 Å². The fourth-order valence-corrected chi connectivity index (χ4v) is 11.7. The van der Waals surface area contributed by atoms with Gasteiger partial charge in [0.25, 0.3) is 0 Å². The van der Waals surface area contributed by atoms with E-state index in [9.17, 15) is 9.90 Å². The molecule has 7 fully saturated rings. The van der Waals surface area contributed by atoms with E-state index in [4.69, 9.17) is 28.4 Å². The van der Waals surface area contributed by atoms with E-state index in [1.54, 1.807) is 21.3 Å². The van der Waals surface area contributed by atoms with Gasteiger partial charge in [-0.25, -0.2) is 0 Å². The zero-order chi connectivity index (χ0) is 25.5. The number of fused-ring (bicyclic) bond motifs is 1. The standard InChI is InChI=1S/C27H41NO8/c1-7-28-12-23(3)9-8-17(32-5)26-20(23)21(36-14(2)29)27(22(26)28)25(34-13-35-27)11-16(31-4)15-10-24(26,30)19(25)18(15)33-6/h15-22,30H,7-13H2,1-6H3/t15-,16+,17+,18+,19-,20+,21+,22-,23+,24+,25-,26+,27-/m1/s1. The van der Waals surface area contributed by atoms with Crippen LogP contribution in [0.4, 0.5) is 0 Å². The number of piperidine rings is 1. The minimum Gasteiger partial charge on any atom is -0.459 e. The van der Waals surface area contributed by atoms with Crippen LogP contribution in [0.5, 0.6) is 0 Å². The van der Waals surface area contributed by atoms with E-state index in [-0.39, 0.29) is 60.3 Å². The van der Waals surface area contributed by atoms with Crippen molar-refractivity contribution >= 4 is 5.97 Å². The highest BCUT2D eigenvalue weighted by atomic mass is 16.7. The molecule has 36 heavy (non-hydrogen) atoms. The molecule has 2 heterocycles. The van der Waals surface area contributed by atoms with Gasteiger partial charge in [0.2, 0.25) is 0 Å². The molecule has 7 aliphatic rings. The molecule has 13 atom stereocenters. The van der Waals surface area contributed by atoms with Crippen molar-refractivity contribution in [1.82, 2.24) is 4.90 Å². The lowest BCUT2D eigenvalue weighted by Gasteiger charge is -2.71. The number of aliphatic hydroxyl groups is 1. The monoisotopic (exact) mass is 507 g/mol. The van der Waals surface area contributed by atoms with Crippen LogP contribution in [-0.2, 0) is 33.2 Å². The SMILES string of the molecule is CCN1C[C@]2(C)CC[C@H](OC)[C@@]34[C@H]2[C@H](OC(C)=O)[C@@]2(OCO[C@@]25C[C@H](OC)[C@H]2C[C@]3(O)[C@H]5[C@H]2OC)[C@H]14. The van der Waals surface area contributed by atoms with Crippen LogP contribution in [0.2, 0.25) is 0 Å². The average Bonchev–Trinajstić information content (AvgIpc) is 3.40. The molecule has 7 bridgehead atoms. The highest BCUT2D eigenvalue weighted by molar-refractivity contribution is 5.67. The Hall–Kier alpha value is -0.810. The number of likely N-dealkylation sites (N-methyl/N-ethyl adjacent to an activating group) is 1. The minimum absolute atomic E-state index is 0.0317. The Morgan fingerprint density at radius 3 is 2.53 bits per heavy atom. The van der Waals surface area contributed by atoms with E-state index in [1.807, 2.05) is 0 Å². The first kappa shape index (κ1) is 24.2. The molecule has 0 aromatic heterocycles. The van der Waals surface area contributed by atoms with Crippen LogP contribution < -0.4 is 0 Å². The Kier molecular flexibility index (Phi) is 4.87. The summed E-state index contributed by atoms with van der Waals surface area (Å²) < 4.78 is 38.7. The molecular formula is C27H41NO8. The summed E-state index contributed by atoms with van der Waals surface area (Å²) in [4.78, 5) is 15.3. The van der Waals surface area contributed by atoms with Crippen LogP contribution in [0.1, 0.15) is 46.5 Å². The van der Waals surface area contributed by atoms with Crippen LogP contribution in [0.3, 0.4) is 0 Å². The first-order valence-corrected chi connectivity index (χ1v) is 13.7. The van der Waals surface area contributed by atoms with Gasteiger partial charge in [-0.2, -0.15) is 0 Å². The van der Waals surface area contributed by atoms with E-state index < -0.39 is 28.3 Å². The molecule has 7 rings (SSSR count). The van der Waals surface area contributed by atoms with Gasteiger partial charge in [-0.05, 0) is 31.2 Å². The first-order chi connectivity index (χ1) is 17.2. The van der Waals surface area contributed by atoms with E-state index in [2.05, 4.69) is 18.7 Å². The third-order valence-electron chi connectivity index (χ3n) is 12.2. The predicted octanol–water partition coefficient (Wildman–Crippen LogP) is 1.35. The predicted molar refractivity (Wildman–Crippen MR) is 126 cm³/mol. The van der Waals surface area contributed by atoms with Crippen molar-refractivity contribution in [2.24, 2.45) is 28.6 Å². The lowest BCUT2D eigenvalue weighted by molar-refractivity contribution is -0.332. The molecule has 202 valence electrons. The van der Waals surface area contributed by atoms with E-state index in [0.29, 0.717) is 12.8 Å². The number of esters is 1. The zero-order valence-electron chi connectivity index (χ0n) is 22.3. The summed E-state index contributed by atoms with van der Waals surface area (Å²) >= 11 is 0. The Bertz CT molecular complexity index is 979. The van der Waals surface area contributed by atoms with E-state index >= 15 is 0 Å². The average molecular weight is 508 g/mol. The number of carbonyl (C=O) groups is 1. The third kappa shape index (κ3) is 2.16. The summed E-state index contributed by atoms with van der Waals surface area (Å²) in [5.74, 6) is -0.771. The lowest BCUT2D eigenvalue weighted by Crippen LogP contribution is -2.85. The maximum atomic E-state index is 13.4. The molecule has 3 spiro atoms. The minimum atomic E-state index is -1.16. The largest absolute Gasteiger partial charge is 0.459 e. The molecule has 0 aromatic carbocycles. The second-order valence-corrected chi connectivity index (χ2v) is 12.9. The summed E-state index contributed by atoms with van der Waals surface area (Å²) in [7, 11) is 5.23. The van der Waals surface area contributed by atoms with Crippen LogP contribution >= 0.6 is 0 Å². The highest BCUT2D eigenvalue weighted by Gasteiger charge is 2.97. The molecule has 0 unspecified atom stereocenters. The van der Waals surface area contributed by atoms with Crippen LogP contribution in [0.25, 0.3) is 0 Å². The highest BCUT2D eigenvalue weighted by Crippen LogP contribution is 2.83. The van der Waals surface area contributed by atoms with Crippen molar-refractivity contribution in [3.8, 4) is 0 Å². The van der Waals surface area contributed by atoms with Gasteiger partial charge in [0.15, 0.2) is 5.60 Å². The molecule has 0 radical (unpaired) electrons. The number of hydrogen-bond donors (Lipinski definition) is 1. The Morgan fingerprint density at radius 2 is 1.89 bits per heavy atom. The number of ether oxygens (including phenoxy) is 6. The quantitative estimate of drug-likeness (QED) is 0.553. The summed E-state index contributed by atoms with van der Waals surface area (Å²) in [6, 6.07) is -0.224. The summed E-state index contributed by atoms with van der Waals surface area (Å²) in [6.45, 7) is 7.72. The summed E-state index contributed by atoms with van der Waals surface area (Å²) in [5, 5.41) is 13.4. The Morgan fingerprint density at radius 1 is 1.11 bits per heavy atom. The first-order valence-electron chi connectivity index (χ1n) is 13.7. The third-order valence-corrected chi connectivity index (χ3v) is 12.2. The van der Waals surface area contributed by atoms with Crippen LogP contribution in [0.15, 0.2) is 0 Å². The van der Waals surface area contributed by atoms with E-state index in [1.165, 1.54) is 6.92 Å². The molecule has 5 aliphatic carbocycles. The van der Waals surface area contributed by atoms with Crippen LogP contribution in [0, 0.1) is 28.6 Å². The number of carbonyl (C=O) groups excluding carboxylic acids is 1. The van der Waals surface area contributed by atoms with Crippen LogP contribution in [-0.4, -0.2) is 104 Å². The van der Waals surface area contributed by atoms with Gasteiger partial charge in [0.05, 0.1) is 35.4 Å². The van der Waals surface area contributed by atoms with Crippen molar-refractivity contribution in [2.45, 2.75) is 93.7 Å². The Labute approximate surface area is 213 Å². The number of hydrogen-bond acceptors (Lipinski definition) is 9. The molecule has 9 nitrogen and oxygen atoms in total. The molecule has 5 saturated carbocycles. The summed E-state index contributed by atoms with van der Waals surface area (Å²) in [6.07, 6.45) is 1.69. The maximum absolute atomic E-state index is 13.4.